The van der Waals surface area contributed by atoms with Gasteiger partial charge in [0.25, 0.3) is 5.91 Å². The molecule has 0 radical (unpaired) electrons. The van der Waals surface area contributed by atoms with E-state index in [1.807, 2.05) is 6.07 Å². The number of nitrogens with zero attached hydrogens (tertiary/aromatic N) is 2. The number of anilines is 1. The maximum absolute atomic E-state index is 12.5. The number of hydrogen-bond acceptors (Lipinski definition) is 5. The fourth-order valence-electron chi connectivity index (χ4n) is 3.88. The van der Waals surface area contributed by atoms with Gasteiger partial charge in [0.05, 0.1) is 17.1 Å². The second-order valence-corrected chi connectivity index (χ2v) is 10.2. The number of amides is 1. The highest BCUT2D eigenvalue weighted by atomic mass is 32.2. The Hall–Kier alpha value is -1.63. The molecule has 0 aromatic carbocycles. The lowest BCUT2D eigenvalue weighted by molar-refractivity contribution is 0.0770. The van der Waals surface area contributed by atoms with Crippen LogP contribution in [-0.4, -0.2) is 54.8 Å². The van der Waals surface area contributed by atoms with Crippen molar-refractivity contribution < 1.29 is 13.2 Å². The van der Waals surface area contributed by atoms with Gasteiger partial charge in [-0.05, 0) is 36.8 Å². The molecule has 0 spiro atoms. The summed E-state index contributed by atoms with van der Waals surface area (Å²) in [6.07, 6.45) is 6.48. The Morgan fingerprint density at radius 1 is 1.23 bits per heavy atom. The summed E-state index contributed by atoms with van der Waals surface area (Å²) in [5.74, 6) is 2.22. The molecule has 1 aromatic heterocycles. The zero-order valence-corrected chi connectivity index (χ0v) is 16.5. The molecular weight excluding hydrogens is 350 g/mol. The number of carbonyl (C=O) groups excluding carboxylic acids is 1. The number of aromatic nitrogens is 1. The highest BCUT2D eigenvalue weighted by Gasteiger charge is 2.26. The standard InChI is InChI=1S/C19H29N3O3S/c1-14(2)15-4-3-5-17(12-15)21-18-7-6-16(13-20-18)19(23)22-8-10-26(24,25)11-9-22/h6-7,13-15,17H,3-5,8-12H2,1-2H3,(H,20,21). The van der Waals surface area contributed by atoms with Gasteiger partial charge in [-0.25, -0.2) is 13.4 Å². The van der Waals surface area contributed by atoms with E-state index in [2.05, 4.69) is 24.1 Å². The largest absolute Gasteiger partial charge is 0.367 e. The molecular formula is C19H29N3O3S. The van der Waals surface area contributed by atoms with Crippen LogP contribution in [0.4, 0.5) is 5.82 Å². The number of carbonyl (C=O) groups is 1. The van der Waals surface area contributed by atoms with Crippen molar-refractivity contribution in [2.75, 3.05) is 29.9 Å². The zero-order chi connectivity index (χ0) is 18.7. The second-order valence-electron chi connectivity index (χ2n) is 7.89. The van der Waals surface area contributed by atoms with Crippen LogP contribution in [0.1, 0.15) is 49.9 Å². The normalized spacial score (nSPS) is 25.9. The van der Waals surface area contributed by atoms with Crippen LogP contribution < -0.4 is 5.32 Å². The third-order valence-electron chi connectivity index (χ3n) is 5.65. The van der Waals surface area contributed by atoms with E-state index in [0.29, 0.717) is 17.5 Å². The minimum atomic E-state index is -2.98. The molecule has 2 atom stereocenters. The van der Waals surface area contributed by atoms with E-state index in [0.717, 1.165) is 18.2 Å². The Morgan fingerprint density at radius 2 is 1.96 bits per heavy atom. The molecule has 3 rings (SSSR count). The van der Waals surface area contributed by atoms with Crippen LogP contribution in [0.15, 0.2) is 18.3 Å². The Balaban J connectivity index is 1.57. The smallest absolute Gasteiger partial charge is 0.255 e. The number of rotatable bonds is 4. The van der Waals surface area contributed by atoms with Crippen molar-refractivity contribution in [3.8, 4) is 0 Å². The van der Waals surface area contributed by atoms with Crippen LogP contribution in [-0.2, 0) is 9.84 Å². The number of nitrogens with one attached hydrogen (secondary N) is 1. The molecule has 0 bridgehead atoms. The van der Waals surface area contributed by atoms with Crippen molar-refractivity contribution in [2.24, 2.45) is 11.8 Å². The van der Waals surface area contributed by atoms with E-state index in [9.17, 15) is 13.2 Å². The van der Waals surface area contributed by atoms with Gasteiger partial charge in [0.2, 0.25) is 0 Å². The number of sulfone groups is 1. The van der Waals surface area contributed by atoms with Crippen LogP contribution in [0.25, 0.3) is 0 Å². The summed E-state index contributed by atoms with van der Waals surface area (Å²) >= 11 is 0. The van der Waals surface area contributed by atoms with Gasteiger partial charge >= 0.3 is 0 Å². The quantitative estimate of drug-likeness (QED) is 0.870. The highest BCUT2D eigenvalue weighted by Crippen LogP contribution is 2.31. The first-order chi connectivity index (χ1) is 12.3. The van der Waals surface area contributed by atoms with Gasteiger partial charge in [-0.3, -0.25) is 4.79 Å². The Bertz CT molecular complexity index is 717. The first-order valence-electron chi connectivity index (χ1n) is 9.56. The molecule has 1 aromatic rings. The molecule has 144 valence electrons. The predicted molar refractivity (Wildman–Crippen MR) is 103 cm³/mol. The van der Waals surface area contributed by atoms with Crippen molar-refractivity contribution in [3.63, 3.8) is 0 Å². The molecule has 2 heterocycles. The van der Waals surface area contributed by atoms with E-state index in [1.54, 1.807) is 17.2 Å². The average molecular weight is 380 g/mol. The molecule has 1 aliphatic heterocycles. The highest BCUT2D eigenvalue weighted by molar-refractivity contribution is 7.91. The topological polar surface area (TPSA) is 79.4 Å². The van der Waals surface area contributed by atoms with Crippen molar-refractivity contribution in [3.05, 3.63) is 23.9 Å². The molecule has 1 amide bonds. The summed E-state index contributed by atoms with van der Waals surface area (Å²) in [7, 11) is -2.98. The van der Waals surface area contributed by atoms with Crippen LogP contribution in [0.3, 0.4) is 0 Å². The summed E-state index contributed by atoms with van der Waals surface area (Å²) in [5.41, 5.74) is 0.513. The molecule has 2 fully saturated rings. The van der Waals surface area contributed by atoms with Gasteiger partial charge < -0.3 is 10.2 Å². The predicted octanol–water partition coefficient (Wildman–Crippen LogP) is 2.58. The van der Waals surface area contributed by atoms with Gasteiger partial charge in [0.15, 0.2) is 9.84 Å². The Labute approximate surface area is 156 Å². The molecule has 7 heteroatoms. The lowest BCUT2D eigenvalue weighted by Crippen LogP contribution is -2.43. The van der Waals surface area contributed by atoms with E-state index < -0.39 is 9.84 Å². The molecule has 26 heavy (non-hydrogen) atoms. The van der Waals surface area contributed by atoms with Crippen molar-refractivity contribution in [1.82, 2.24) is 9.88 Å². The maximum atomic E-state index is 12.5. The molecule has 1 saturated carbocycles. The van der Waals surface area contributed by atoms with Gasteiger partial charge in [0.1, 0.15) is 5.82 Å². The van der Waals surface area contributed by atoms with E-state index in [1.165, 1.54) is 19.3 Å². The fraction of sp³-hybridized carbons (Fsp3) is 0.684. The maximum Gasteiger partial charge on any atom is 0.255 e. The first-order valence-corrected chi connectivity index (χ1v) is 11.4. The summed E-state index contributed by atoms with van der Waals surface area (Å²) in [4.78, 5) is 18.5. The molecule has 2 unspecified atom stereocenters. The molecule has 1 aliphatic carbocycles. The van der Waals surface area contributed by atoms with E-state index in [-0.39, 0.29) is 30.5 Å². The Morgan fingerprint density at radius 3 is 2.58 bits per heavy atom. The van der Waals surface area contributed by atoms with Crippen LogP contribution in [0.5, 0.6) is 0 Å². The molecule has 1 saturated heterocycles. The van der Waals surface area contributed by atoms with Crippen LogP contribution >= 0.6 is 0 Å². The third-order valence-corrected chi connectivity index (χ3v) is 7.26. The Kier molecular flexibility index (Phi) is 5.85. The SMILES string of the molecule is CC(C)C1CCCC(Nc2ccc(C(=O)N3CCS(=O)(=O)CC3)cn2)C1. The molecule has 1 N–H and O–H groups in total. The third kappa shape index (κ3) is 4.75. The average Bonchev–Trinajstić information content (AvgIpc) is 2.62. The fourth-order valence-corrected chi connectivity index (χ4v) is 5.08. The lowest BCUT2D eigenvalue weighted by atomic mass is 9.79. The number of pyridine rings is 1. The summed E-state index contributed by atoms with van der Waals surface area (Å²) < 4.78 is 23.0. The van der Waals surface area contributed by atoms with Crippen molar-refractivity contribution in [2.45, 2.75) is 45.6 Å². The molecule has 2 aliphatic rings. The van der Waals surface area contributed by atoms with Crippen molar-refractivity contribution in [1.29, 1.82) is 0 Å². The van der Waals surface area contributed by atoms with Gasteiger partial charge in [0, 0.05) is 25.3 Å². The van der Waals surface area contributed by atoms with E-state index >= 15 is 0 Å². The number of hydrogen-bond donors (Lipinski definition) is 1. The minimum Gasteiger partial charge on any atom is -0.367 e. The summed E-state index contributed by atoms with van der Waals surface area (Å²) in [6, 6.07) is 4.08. The molecule has 6 nitrogen and oxygen atoms in total. The lowest BCUT2D eigenvalue weighted by Gasteiger charge is -2.32. The van der Waals surface area contributed by atoms with Gasteiger partial charge in [-0.1, -0.05) is 26.7 Å². The summed E-state index contributed by atoms with van der Waals surface area (Å²) in [5, 5.41) is 3.51. The zero-order valence-electron chi connectivity index (χ0n) is 15.6. The second kappa shape index (κ2) is 7.94. The first kappa shape index (κ1) is 19.1. The minimum absolute atomic E-state index is 0.0461. The van der Waals surface area contributed by atoms with Crippen molar-refractivity contribution >= 4 is 21.6 Å². The summed E-state index contributed by atoms with van der Waals surface area (Å²) in [6.45, 7) is 5.11. The van der Waals surface area contributed by atoms with Gasteiger partial charge in [-0.2, -0.15) is 0 Å². The van der Waals surface area contributed by atoms with Crippen LogP contribution in [0, 0.1) is 11.8 Å². The van der Waals surface area contributed by atoms with Gasteiger partial charge in [-0.15, -0.1) is 0 Å². The monoisotopic (exact) mass is 379 g/mol. The van der Waals surface area contributed by atoms with E-state index in [4.69, 9.17) is 0 Å². The van der Waals surface area contributed by atoms with Crippen LogP contribution in [0.2, 0.25) is 0 Å².